The lowest BCUT2D eigenvalue weighted by atomic mass is 9.81. The van der Waals surface area contributed by atoms with Crippen LogP contribution in [0.15, 0.2) is 23.1 Å². The molecule has 0 aromatic rings. The van der Waals surface area contributed by atoms with Crippen molar-refractivity contribution in [2.45, 2.75) is 26.7 Å². The molecule has 74 valence electrons. The Balaban J connectivity index is 2.89. The topological polar surface area (TPSA) is 54.4 Å². The van der Waals surface area contributed by atoms with E-state index in [4.69, 9.17) is 4.55 Å². The fourth-order valence-electron chi connectivity index (χ4n) is 1.21. The first kappa shape index (κ1) is 10.5. The summed E-state index contributed by atoms with van der Waals surface area (Å²) in [6.07, 6.45) is 6.51. The van der Waals surface area contributed by atoms with Gasteiger partial charge < -0.3 is 0 Å². The Labute approximate surface area is 78.9 Å². The van der Waals surface area contributed by atoms with Crippen molar-refractivity contribution in [3.05, 3.63) is 23.1 Å². The highest BCUT2D eigenvalue weighted by Crippen LogP contribution is 2.33. The molecule has 0 saturated carbocycles. The van der Waals surface area contributed by atoms with E-state index in [2.05, 4.69) is 13.8 Å². The van der Waals surface area contributed by atoms with Gasteiger partial charge in [-0.05, 0) is 24.3 Å². The molecule has 1 rings (SSSR count). The summed E-state index contributed by atoms with van der Waals surface area (Å²) in [5, 5.41) is 0. The molecule has 4 heteroatoms. The zero-order valence-corrected chi connectivity index (χ0v) is 8.63. The molecule has 0 radical (unpaired) electrons. The molecule has 0 fully saturated rings. The molecule has 1 N–H and O–H groups in total. The SMILES string of the molecule is CCC1(C)C=CC(S(=O)(=O)O)=CC1. The van der Waals surface area contributed by atoms with E-state index in [9.17, 15) is 8.42 Å². The van der Waals surface area contributed by atoms with Crippen LogP contribution in [-0.2, 0) is 10.1 Å². The van der Waals surface area contributed by atoms with Gasteiger partial charge in [0, 0.05) is 0 Å². The molecular formula is C9H14O3S. The normalized spacial score (nSPS) is 28.7. The summed E-state index contributed by atoms with van der Waals surface area (Å²) in [4.78, 5) is 0.0124. The van der Waals surface area contributed by atoms with Crippen LogP contribution in [0, 0.1) is 5.41 Å². The Morgan fingerprint density at radius 3 is 2.54 bits per heavy atom. The standard InChI is InChI=1S/C9H14O3S/c1-3-9(2)6-4-8(5-7-9)13(10,11)12/h4-6H,3,7H2,1-2H3,(H,10,11,12). The average molecular weight is 202 g/mol. The minimum Gasteiger partial charge on any atom is -0.282 e. The Hall–Kier alpha value is -0.610. The smallest absolute Gasteiger partial charge is 0.282 e. The maximum atomic E-state index is 10.7. The van der Waals surface area contributed by atoms with Crippen molar-refractivity contribution < 1.29 is 13.0 Å². The second-order valence-electron chi connectivity index (χ2n) is 3.63. The average Bonchev–Trinajstić information content (AvgIpc) is 2.04. The van der Waals surface area contributed by atoms with Gasteiger partial charge in [-0.2, -0.15) is 8.42 Å². The highest BCUT2D eigenvalue weighted by atomic mass is 32.2. The van der Waals surface area contributed by atoms with Crippen molar-refractivity contribution in [3.8, 4) is 0 Å². The van der Waals surface area contributed by atoms with Gasteiger partial charge in [0.25, 0.3) is 10.1 Å². The molecule has 0 spiro atoms. The van der Waals surface area contributed by atoms with Crippen LogP contribution in [0.2, 0.25) is 0 Å². The summed E-state index contributed by atoms with van der Waals surface area (Å²) in [6, 6.07) is 0. The van der Waals surface area contributed by atoms with Crippen LogP contribution in [-0.4, -0.2) is 13.0 Å². The number of hydrogen-bond acceptors (Lipinski definition) is 2. The Morgan fingerprint density at radius 2 is 2.23 bits per heavy atom. The second-order valence-corrected chi connectivity index (χ2v) is 5.05. The van der Waals surface area contributed by atoms with E-state index in [1.807, 2.05) is 6.08 Å². The van der Waals surface area contributed by atoms with E-state index in [0.29, 0.717) is 6.42 Å². The molecule has 0 heterocycles. The van der Waals surface area contributed by atoms with Gasteiger partial charge in [0.05, 0.1) is 4.91 Å². The largest absolute Gasteiger partial charge is 0.294 e. The van der Waals surface area contributed by atoms with Gasteiger partial charge in [-0.1, -0.05) is 26.0 Å². The fraction of sp³-hybridized carbons (Fsp3) is 0.556. The van der Waals surface area contributed by atoms with Crippen molar-refractivity contribution >= 4 is 10.1 Å². The van der Waals surface area contributed by atoms with Crippen LogP contribution in [0.4, 0.5) is 0 Å². The third-order valence-corrected chi connectivity index (χ3v) is 3.42. The highest BCUT2D eigenvalue weighted by molar-refractivity contribution is 7.90. The first-order valence-electron chi connectivity index (χ1n) is 4.24. The summed E-state index contributed by atoms with van der Waals surface area (Å²) in [6.45, 7) is 4.11. The lowest BCUT2D eigenvalue weighted by Crippen LogP contribution is -2.15. The van der Waals surface area contributed by atoms with Crippen molar-refractivity contribution in [1.29, 1.82) is 0 Å². The molecule has 0 aromatic heterocycles. The summed E-state index contributed by atoms with van der Waals surface area (Å²) >= 11 is 0. The van der Waals surface area contributed by atoms with Gasteiger partial charge in [-0.3, -0.25) is 4.55 Å². The molecule has 0 amide bonds. The van der Waals surface area contributed by atoms with Crippen LogP contribution < -0.4 is 0 Å². The maximum absolute atomic E-state index is 10.7. The number of rotatable bonds is 2. The van der Waals surface area contributed by atoms with Crippen molar-refractivity contribution in [3.63, 3.8) is 0 Å². The lowest BCUT2D eigenvalue weighted by molar-refractivity contribution is 0.412. The fourth-order valence-corrected chi connectivity index (χ4v) is 1.74. The molecule has 3 nitrogen and oxygen atoms in total. The molecular weight excluding hydrogens is 188 g/mol. The zero-order chi connectivity index (χ0) is 10.1. The van der Waals surface area contributed by atoms with E-state index < -0.39 is 10.1 Å². The predicted octanol–water partition coefficient (Wildman–Crippen LogP) is 2.13. The first-order valence-corrected chi connectivity index (χ1v) is 5.68. The van der Waals surface area contributed by atoms with Crippen LogP contribution in [0.1, 0.15) is 26.7 Å². The van der Waals surface area contributed by atoms with Crippen LogP contribution in [0.5, 0.6) is 0 Å². The van der Waals surface area contributed by atoms with Crippen molar-refractivity contribution in [2.24, 2.45) is 5.41 Å². The summed E-state index contributed by atoms with van der Waals surface area (Å²) in [7, 11) is -4.01. The molecule has 1 atom stereocenters. The van der Waals surface area contributed by atoms with Crippen molar-refractivity contribution in [2.75, 3.05) is 0 Å². The van der Waals surface area contributed by atoms with Gasteiger partial charge in [-0.25, -0.2) is 0 Å². The van der Waals surface area contributed by atoms with Crippen LogP contribution in [0.25, 0.3) is 0 Å². The Bertz CT molecular complexity index is 351. The molecule has 0 aromatic carbocycles. The first-order chi connectivity index (χ1) is 5.87. The van der Waals surface area contributed by atoms with E-state index >= 15 is 0 Å². The lowest BCUT2D eigenvalue weighted by Gasteiger charge is -2.25. The molecule has 0 aliphatic heterocycles. The number of allylic oxidation sites excluding steroid dienone is 3. The molecule has 1 aliphatic carbocycles. The van der Waals surface area contributed by atoms with Crippen LogP contribution in [0.3, 0.4) is 0 Å². The predicted molar refractivity (Wildman–Crippen MR) is 51.8 cm³/mol. The Kier molecular flexibility index (Phi) is 2.63. The molecule has 0 saturated heterocycles. The molecule has 1 aliphatic rings. The van der Waals surface area contributed by atoms with Crippen molar-refractivity contribution in [1.82, 2.24) is 0 Å². The van der Waals surface area contributed by atoms with Gasteiger partial charge in [0.1, 0.15) is 0 Å². The van der Waals surface area contributed by atoms with E-state index in [1.54, 1.807) is 6.08 Å². The minimum absolute atomic E-state index is 0.0124. The zero-order valence-electron chi connectivity index (χ0n) is 7.82. The number of hydrogen-bond donors (Lipinski definition) is 1. The second kappa shape index (κ2) is 3.27. The quantitative estimate of drug-likeness (QED) is 0.698. The summed E-state index contributed by atoms with van der Waals surface area (Å²) in [5.41, 5.74) is 0.0359. The van der Waals surface area contributed by atoms with Crippen LogP contribution >= 0.6 is 0 Å². The van der Waals surface area contributed by atoms with E-state index in [-0.39, 0.29) is 10.3 Å². The monoisotopic (exact) mass is 202 g/mol. The summed E-state index contributed by atoms with van der Waals surface area (Å²) < 4.78 is 30.2. The van der Waals surface area contributed by atoms with Gasteiger partial charge >= 0.3 is 0 Å². The summed E-state index contributed by atoms with van der Waals surface area (Å²) in [5.74, 6) is 0. The highest BCUT2D eigenvalue weighted by Gasteiger charge is 2.23. The molecule has 13 heavy (non-hydrogen) atoms. The van der Waals surface area contributed by atoms with E-state index in [0.717, 1.165) is 6.42 Å². The van der Waals surface area contributed by atoms with E-state index in [1.165, 1.54) is 6.08 Å². The van der Waals surface area contributed by atoms with Gasteiger partial charge in [0.2, 0.25) is 0 Å². The third kappa shape index (κ3) is 2.42. The van der Waals surface area contributed by atoms with Gasteiger partial charge in [0.15, 0.2) is 0 Å². The third-order valence-electron chi connectivity index (χ3n) is 2.53. The maximum Gasteiger partial charge on any atom is 0.294 e. The van der Waals surface area contributed by atoms with Gasteiger partial charge in [-0.15, -0.1) is 0 Å². The Morgan fingerprint density at radius 1 is 1.62 bits per heavy atom. The minimum atomic E-state index is -4.01. The molecule has 0 bridgehead atoms. The molecule has 1 unspecified atom stereocenters.